The van der Waals surface area contributed by atoms with Crippen LogP contribution in [0.5, 0.6) is 0 Å². The molecular formula is C53H33N5O. The van der Waals surface area contributed by atoms with Crippen LogP contribution in [0.2, 0.25) is 0 Å². The van der Waals surface area contributed by atoms with Crippen molar-refractivity contribution < 1.29 is 4.42 Å². The van der Waals surface area contributed by atoms with Crippen molar-refractivity contribution in [2.45, 2.75) is 5.41 Å². The summed E-state index contributed by atoms with van der Waals surface area (Å²) in [4.78, 5) is 20.6. The number of aromatic nitrogens is 5. The van der Waals surface area contributed by atoms with Crippen LogP contribution in [0.1, 0.15) is 22.5 Å². The highest BCUT2D eigenvalue weighted by molar-refractivity contribution is 6.13. The van der Waals surface area contributed by atoms with Crippen molar-refractivity contribution in [2.24, 2.45) is 0 Å². The Labute approximate surface area is 339 Å². The van der Waals surface area contributed by atoms with Crippen molar-refractivity contribution >= 4 is 33.0 Å². The molecule has 0 saturated carbocycles. The van der Waals surface area contributed by atoms with Gasteiger partial charge in [0, 0.05) is 33.0 Å². The van der Waals surface area contributed by atoms with Gasteiger partial charge in [-0.05, 0) is 52.6 Å². The summed E-state index contributed by atoms with van der Waals surface area (Å²) in [5, 5.41) is 1.94. The quantitative estimate of drug-likeness (QED) is 0.169. The largest absolute Gasteiger partial charge is 0.456 e. The van der Waals surface area contributed by atoms with Gasteiger partial charge in [-0.25, -0.2) is 19.9 Å². The summed E-state index contributed by atoms with van der Waals surface area (Å²) in [6.45, 7) is 0. The molecule has 0 saturated heterocycles. The molecule has 0 unspecified atom stereocenters. The lowest BCUT2D eigenvalue weighted by Crippen LogP contribution is -2.29. The van der Waals surface area contributed by atoms with Gasteiger partial charge < -0.3 is 4.42 Å². The molecule has 0 fully saturated rings. The molecule has 0 atom stereocenters. The smallest absolute Gasteiger partial charge is 0.164 e. The van der Waals surface area contributed by atoms with Crippen molar-refractivity contribution in [3.05, 3.63) is 223 Å². The van der Waals surface area contributed by atoms with Crippen LogP contribution in [0.4, 0.5) is 0 Å². The van der Waals surface area contributed by atoms with Crippen molar-refractivity contribution in [3.63, 3.8) is 0 Å². The van der Waals surface area contributed by atoms with Crippen LogP contribution in [-0.2, 0) is 5.41 Å². The molecule has 8 aromatic carbocycles. The molecule has 0 N–H and O–H groups in total. The molecule has 1 aliphatic heterocycles. The van der Waals surface area contributed by atoms with E-state index >= 15 is 0 Å². The summed E-state index contributed by atoms with van der Waals surface area (Å²) in [6, 6.07) is 69.6. The predicted molar refractivity (Wildman–Crippen MR) is 235 cm³/mol. The summed E-state index contributed by atoms with van der Waals surface area (Å²) < 4.78 is 8.98. The van der Waals surface area contributed by atoms with Gasteiger partial charge in [0.15, 0.2) is 17.5 Å². The minimum absolute atomic E-state index is 0.585. The lowest BCUT2D eigenvalue weighted by Gasteiger charge is -2.31. The first-order valence-electron chi connectivity index (χ1n) is 19.8. The number of hydrogen-bond acceptors (Lipinski definition) is 5. The average molecular weight is 756 g/mol. The van der Waals surface area contributed by atoms with Gasteiger partial charge >= 0.3 is 0 Å². The van der Waals surface area contributed by atoms with Gasteiger partial charge in [0.25, 0.3) is 0 Å². The first kappa shape index (κ1) is 33.2. The van der Waals surface area contributed by atoms with E-state index in [4.69, 9.17) is 24.4 Å². The number of hydrogen-bond donors (Lipinski definition) is 0. The van der Waals surface area contributed by atoms with Crippen molar-refractivity contribution in [2.75, 3.05) is 0 Å². The molecule has 6 nitrogen and oxygen atoms in total. The Morgan fingerprint density at radius 1 is 0.424 bits per heavy atom. The third kappa shape index (κ3) is 5.00. The summed E-state index contributed by atoms with van der Waals surface area (Å²) >= 11 is 0. The van der Waals surface area contributed by atoms with Gasteiger partial charge in [0.1, 0.15) is 22.4 Å². The fourth-order valence-corrected chi connectivity index (χ4v) is 9.17. The topological polar surface area (TPSA) is 69.6 Å². The Morgan fingerprint density at radius 2 is 1.00 bits per heavy atom. The number of fused-ring (bicyclic) bond motifs is 8. The molecule has 4 heterocycles. The standard InChI is InChI=1S/C53H33N5O/c1-5-17-34(18-6-1)49-55-50(35-19-7-2-8-20-35)57-51(56-49)40-26-16-30-46-47(40)41-33-36(31-32-45(41)59-46)39-25-15-27-42-48(39)58-44-29-14-13-28-43(44)54-52(58)53(42,37-21-9-3-10-22-37)38-23-11-4-12-24-38/h1-33H. The molecule has 12 rings (SSSR count). The van der Waals surface area contributed by atoms with Crippen molar-refractivity contribution in [1.82, 2.24) is 24.5 Å². The van der Waals surface area contributed by atoms with Crippen LogP contribution in [0.25, 0.3) is 83.9 Å². The fraction of sp³-hybridized carbons (Fsp3) is 0.0189. The molecule has 3 aromatic heterocycles. The molecule has 0 radical (unpaired) electrons. The third-order valence-corrected chi connectivity index (χ3v) is 11.7. The molecular weight excluding hydrogens is 723 g/mol. The van der Waals surface area contributed by atoms with Crippen LogP contribution >= 0.6 is 0 Å². The van der Waals surface area contributed by atoms with Crippen molar-refractivity contribution in [3.8, 4) is 51.0 Å². The fourth-order valence-electron chi connectivity index (χ4n) is 9.17. The third-order valence-electron chi connectivity index (χ3n) is 11.7. The van der Waals surface area contributed by atoms with E-state index < -0.39 is 5.41 Å². The number of benzene rings is 8. The number of imidazole rings is 1. The Bertz CT molecular complexity index is 3280. The maximum absolute atomic E-state index is 6.59. The van der Waals surface area contributed by atoms with Gasteiger partial charge in [0.2, 0.25) is 0 Å². The van der Waals surface area contributed by atoms with E-state index in [0.29, 0.717) is 17.5 Å². The zero-order chi connectivity index (χ0) is 38.9. The Kier molecular flexibility index (Phi) is 7.34. The van der Waals surface area contributed by atoms with Crippen LogP contribution < -0.4 is 0 Å². The van der Waals surface area contributed by atoms with Gasteiger partial charge in [-0.2, -0.15) is 0 Å². The zero-order valence-electron chi connectivity index (χ0n) is 31.7. The Morgan fingerprint density at radius 3 is 1.68 bits per heavy atom. The predicted octanol–water partition coefficient (Wildman–Crippen LogP) is 12.5. The molecule has 0 spiro atoms. The molecule has 0 amide bonds. The van der Waals surface area contributed by atoms with Gasteiger partial charge in [0.05, 0.1) is 16.7 Å². The number of rotatable bonds is 6. The SMILES string of the molecule is c1ccc(-c2nc(-c3ccccc3)nc(-c3cccc4oc5ccc(-c6cccc7c6-n6c(nc8ccccc86)C7(c6ccccc6)c6ccccc6)cc5c34)n2)cc1. The maximum atomic E-state index is 6.59. The Hall–Kier alpha value is -7.96. The van der Waals surface area contributed by atoms with Crippen LogP contribution in [-0.4, -0.2) is 24.5 Å². The normalized spacial score (nSPS) is 12.9. The molecule has 11 aromatic rings. The minimum atomic E-state index is -0.655. The van der Waals surface area contributed by atoms with E-state index in [1.165, 1.54) is 16.7 Å². The molecule has 276 valence electrons. The number of para-hydroxylation sites is 3. The summed E-state index contributed by atoms with van der Waals surface area (Å²) in [5.41, 5.74) is 12.5. The first-order chi connectivity index (χ1) is 29.3. The monoisotopic (exact) mass is 755 g/mol. The van der Waals surface area contributed by atoms with Crippen molar-refractivity contribution in [1.29, 1.82) is 0 Å². The van der Waals surface area contributed by atoms with Crippen LogP contribution in [0.3, 0.4) is 0 Å². The summed E-state index contributed by atoms with van der Waals surface area (Å²) in [7, 11) is 0. The lowest BCUT2D eigenvalue weighted by atomic mass is 9.69. The second-order valence-corrected chi connectivity index (χ2v) is 15.0. The van der Waals surface area contributed by atoms with Gasteiger partial charge in [-0.1, -0.05) is 170 Å². The molecule has 0 aliphatic carbocycles. The minimum Gasteiger partial charge on any atom is -0.456 e. The summed E-state index contributed by atoms with van der Waals surface area (Å²) in [6.07, 6.45) is 0. The second-order valence-electron chi connectivity index (χ2n) is 15.0. The lowest BCUT2D eigenvalue weighted by molar-refractivity contribution is 0.669. The molecule has 0 bridgehead atoms. The molecule has 6 heteroatoms. The van der Waals surface area contributed by atoms with E-state index in [-0.39, 0.29) is 0 Å². The zero-order valence-corrected chi connectivity index (χ0v) is 31.7. The van der Waals surface area contributed by atoms with E-state index in [1.54, 1.807) is 0 Å². The van der Waals surface area contributed by atoms with Crippen LogP contribution in [0, 0.1) is 0 Å². The molecule has 1 aliphatic rings. The van der Waals surface area contributed by atoms with Crippen LogP contribution in [0.15, 0.2) is 205 Å². The Balaban J connectivity index is 1.11. The van der Waals surface area contributed by atoms with E-state index in [0.717, 1.165) is 72.3 Å². The van der Waals surface area contributed by atoms with Gasteiger partial charge in [-0.3, -0.25) is 4.57 Å². The second kappa shape index (κ2) is 13.0. The van der Waals surface area contributed by atoms with E-state index in [1.807, 2.05) is 72.8 Å². The van der Waals surface area contributed by atoms with E-state index in [2.05, 4.69) is 132 Å². The number of nitrogens with zero attached hydrogens (tertiary/aromatic N) is 5. The summed E-state index contributed by atoms with van der Waals surface area (Å²) in [5.74, 6) is 2.79. The van der Waals surface area contributed by atoms with E-state index in [9.17, 15) is 0 Å². The van der Waals surface area contributed by atoms with Gasteiger partial charge in [-0.15, -0.1) is 0 Å². The highest BCUT2D eigenvalue weighted by Gasteiger charge is 2.49. The molecule has 59 heavy (non-hydrogen) atoms. The first-order valence-corrected chi connectivity index (χ1v) is 19.8. The highest BCUT2D eigenvalue weighted by Crippen LogP contribution is 2.55. The number of furan rings is 1. The highest BCUT2D eigenvalue weighted by atomic mass is 16.3. The average Bonchev–Trinajstić information content (AvgIpc) is 3.98. The maximum Gasteiger partial charge on any atom is 0.164 e.